The van der Waals surface area contributed by atoms with Gasteiger partial charge in [-0.15, -0.1) is 0 Å². The number of hydrogen-bond donors (Lipinski definition) is 1. The number of alkyl halides is 2. The number of rotatable bonds is 7. The minimum Gasteiger partial charge on any atom is -0.374 e. The number of fused-ring (bicyclic) bond motifs is 1. The van der Waals surface area contributed by atoms with E-state index in [1.165, 1.54) is 10.6 Å². The van der Waals surface area contributed by atoms with Crippen LogP contribution in [-0.2, 0) is 14.8 Å². The van der Waals surface area contributed by atoms with E-state index in [1.54, 1.807) is 18.2 Å². The van der Waals surface area contributed by atoms with Crippen LogP contribution in [0.3, 0.4) is 0 Å². The second kappa shape index (κ2) is 6.65. The lowest BCUT2D eigenvalue weighted by Crippen LogP contribution is -2.29. The minimum absolute atomic E-state index is 0.147. The van der Waals surface area contributed by atoms with E-state index in [0.717, 1.165) is 0 Å². The van der Waals surface area contributed by atoms with Gasteiger partial charge in [-0.1, -0.05) is 17.7 Å². The molecule has 0 unspecified atom stereocenters. The van der Waals surface area contributed by atoms with Crippen LogP contribution in [0.1, 0.15) is 0 Å². The van der Waals surface area contributed by atoms with E-state index in [1.807, 2.05) is 0 Å². The summed E-state index contributed by atoms with van der Waals surface area (Å²) in [6.45, 7) is -1.05. The van der Waals surface area contributed by atoms with Gasteiger partial charge in [-0.25, -0.2) is 26.9 Å². The molecule has 0 amide bonds. The van der Waals surface area contributed by atoms with Gasteiger partial charge in [0.05, 0.1) is 6.61 Å². The third-order valence-electron chi connectivity index (χ3n) is 2.48. The number of hydrogen-bond acceptors (Lipinski definition) is 4. The molecule has 0 aliphatic heterocycles. The van der Waals surface area contributed by atoms with Gasteiger partial charge in [0.25, 0.3) is 16.4 Å². The summed E-state index contributed by atoms with van der Waals surface area (Å²) in [5.41, 5.74) is 0.386. The second-order valence-electron chi connectivity index (χ2n) is 4.00. The molecule has 2 aromatic rings. The molecule has 2 aromatic heterocycles. The van der Waals surface area contributed by atoms with Crippen molar-refractivity contribution in [1.82, 2.24) is 14.1 Å². The zero-order chi connectivity index (χ0) is 15.5. The van der Waals surface area contributed by atoms with Gasteiger partial charge in [-0.2, -0.15) is 0 Å². The van der Waals surface area contributed by atoms with Gasteiger partial charge in [-0.3, -0.25) is 4.40 Å². The molecule has 0 atom stereocenters. The SMILES string of the molecule is O=S(=O)(NCCOCC(F)F)c1c(Cl)nc2ccccn12. The molecule has 0 spiro atoms. The minimum atomic E-state index is -3.92. The van der Waals surface area contributed by atoms with Crippen molar-refractivity contribution in [3.8, 4) is 0 Å². The van der Waals surface area contributed by atoms with Gasteiger partial charge in [-0.05, 0) is 12.1 Å². The van der Waals surface area contributed by atoms with Crippen molar-refractivity contribution in [2.45, 2.75) is 11.5 Å². The second-order valence-corrected chi connectivity index (χ2v) is 6.04. The lowest BCUT2D eigenvalue weighted by atomic mass is 10.5. The zero-order valence-electron chi connectivity index (χ0n) is 10.7. The molecule has 6 nitrogen and oxygen atoms in total. The molecule has 0 bridgehead atoms. The number of sulfonamides is 1. The largest absolute Gasteiger partial charge is 0.374 e. The molecule has 2 heterocycles. The number of ether oxygens (including phenoxy) is 1. The van der Waals surface area contributed by atoms with Crippen LogP contribution in [0.15, 0.2) is 29.4 Å². The summed E-state index contributed by atoms with van der Waals surface area (Å²) in [7, 11) is -3.92. The molecule has 0 saturated heterocycles. The van der Waals surface area contributed by atoms with Gasteiger partial charge in [0, 0.05) is 12.7 Å². The maximum Gasteiger partial charge on any atom is 0.261 e. The number of nitrogens with zero attached hydrogens (tertiary/aromatic N) is 2. The van der Waals surface area contributed by atoms with Crippen LogP contribution >= 0.6 is 11.6 Å². The third-order valence-corrected chi connectivity index (χ3v) is 4.34. The first-order valence-corrected chi connectivity index (χ1v) is 7.76. The maximum atomic E-state index is 12.2. The summed E-state index contributed by atoms with van der Waals surface area (Å²) in [4.78, 5) is 3.93. The fourth-order valence-corrected chi connectivity index (χ4v) is 3.33. The van der Waals surface area contributed by atoms with E-state index in [4.69, 9.17) is 11.6 Å². The van der Waals surface area contributed by atoms with Gasteiger partial charge < -0.3 is 4.74 Å². The van der Waals surface area contributed by atoms with Gasteiger partial charge >= 0.3 is 0 Å². The van der Waals surface area contributed by atoms with E-state index in [2.05, 4.69) is 14.4 Å². The molecule has 0 radical (unpaired) electrons. The Morgan fingerprint density at radius 1 is 1.43 bits per heavy atom. The Labute approximate surface area is 124 Å². The number of pyridine rings is 1. The smallest absolute Gasteiger partial charge is 0.261 e. The van der Waals surface area contributed by atoms with E-state index >= 15 is 0 Å². The van der Waals surface area contributed by atoms with Crippen molar-refractivity contribution in [2.75, 3.05) is 19.8 Å². The number of halogens is 3. The van der Waals surface area contributed by atoms with Crippen molar-refractivity contribution >= 4 is 27.3 Å². The molecule has 21 heavy (non-hydrogen) atoms. The summed E-state index contributed by atoms with van der Waals surface area (Å²) in [6, 6.07) is 4.94. The molecule has 0 fully saturated rings. The molecule has 116 valence electrons. The first kappa shape index (κ1) is 16.1. The molecule has 0 aliphatic rings. The summed E-state index contributed by atoms with van der Waals surface area (Å²) in [5.74, 6) is 0. The molecule has 0 saturated carbocycles. The fourth-order valence-electron chi connectivity index (χ4n) is 1.67. The normalized spacial score (nSPS) is 12.4. The van der Waals surface area contributed by atoms with Crippen molar-refractivity contribution in [2.24, 2.45) is 0 Å². The number of aromatic nitrogens is 2. The monoisotopic (exact) mass is 339 g/mol. The van der Waals surface area contributed by atoms with E-state index in [0.29, 0.717) is 5.65 Å². The quantitative estimate of drug-likeness (QED) is 0.777. The molecule has 0 aromatic carbocycles. The Morgan fingerprint density at radius 3 is 2.90 bits per heavy atom. The van der Waals surface area contributed by atoms with Gasteiger partial charge in [0.2, 0.25) is 0 Å². The Kier molecular flexibility index (Phi) is 5.09. The van der Waals surface area contributed by atoms with Crippen LogP contribution in [0.4, 0.5) is 8.78 Å². The fraction of sp³-hybridized carbons (Fsp3) is 0.364. The molecule has 0 aliphatic carbocycles. The van der Waals surface area contributed by atoms with Crippen LogP contribution in [0.25, 0.3) is 5.65 Å². The van der Waals surface area contributed by atoms with Gasteiger partial charge in [0.1, 0.15) is 12.3 Å². The topological polar surface area (TPSA) is 72.7 Å². The lowest BCUT2D eigenvalue weighted by molar-refractivity contribution is 0.0199. The van der Waals surface area contributed by atoms with E-state index in [-0.39, 0.29) is 23.3 Å². The molecular formula is C11H12ClF2N3O3S. The highest BCUT2D eigenvalue weighted by Crippen LogP contribution is 2.22. The Morgan fingerprint density at radius 2 is 2.19 bits per heavy atom. The summed E-state index contributed by atoms with van der Waals surface area (Å²) >= 11 is 5.85. The van der Waals surface area contributed by atoms with Crippen molar-refractivity contribution in [1.29, 1.82) is 0 Å². The molecular weight excluding hydrogens is 328 g/mol. The summed E-state index contributed by atoms with van der Waals surface area (Å²) in [6.07, 6.45) is -1.08. The Hall–Kier alpha value is -1.29. The summed E-state index contributed by atoms with van der Waals surface area (Å²) in [5, 5.41) is -0.365. The standard InChI is InChI=1S/C11H12ClF2N3O3S/c12-10-11(17-5-2-1-3-9(17)16-10)21(18,19)15-4-6-20-7-8(13)14/h1-3,5,8,15H,4,6-7H2. The van der Waals surface area contributed by atoms with E-state index < -0.39 is 23.1 Å². The van der Waals surface area contributed by atoms with Gasteiger partial charge in [0.15, 0.2) is 10.2 Å². The first-order chi connectivity index (χ1) is 9.92. The Balaban J connectivity index is 2.10. The van der Waals surface area contributed by atoms with E-state index in [9.17, 15) is 17.2 Å². The molecule has 10 heteroatoms. The zero-order valence-corrected chi connectivity index (χ0v) is 12.2. The van der Waals surface area contributed by atoms with Crippen molar-refractivity contribution < 1.29 is 21.9 Å². The third kappa shape index (κ3) is 3.88. The average Bonchev–Trinajstić information content (AvgIpc) is 2.74. The number of imidazole rings is 1. The highest BCUT2D eigenvalue weighted by atomic mass is 35.5. The predicted molar refractivity (Wildman–Crippen MR) is 72.2 cm³/mol. The predicted octanol–water partition coefficient (Wildman–Crippen LogP) is 1.55. The number of nitrogens with one attached hydrogen (secondary N) is 1. The van der Waals surface area contributed by atoms with Crippen molar-refractivity contribution in [3.05, 3.63) is 29.5 Å². The maximum absolute atomic E-state index is 12.2. The molecule has 1 N–H and O–H groups in total. The highest BCUT2D eigenvalue weighted by Gasteiger charge is 2.23. The Bertz CT molecular complexity index is 721. The van der Waals surface area contributed by atoms with Crippen LogP contribution in [0, 0.1) is 0 Å². The van der Waals surface area contributed by atoms with Crippen molar-refractivity contribution in [3.63, 3.8) is 0 Å². The average molecular weight is 340 g/mol. The molecule has 2 rings (SSSR count). The van der Waals surface area contributed by atoms with Crippen LogP contribution < -0.4 is 4.72 Å². The first-order valence-electron chi connectivity index (χ1n) is 5.90. The van der Waals surface area contributed by atoms with Crippen LogP contribution in [-0.4, -0.2) is 44.0 Å². The highest BCUT2D eigenvalue weighted by molar-refractivity contribution is 7.89. The summed E-state index contributed by atoms with van der Waals surface area (Å²) < 4.78 is 56.2. The van der Waals surface area contributed by atoms with Crippen LogP contribution in [0.2, 0.25) is 5.15 Å². The lowest BCUT2D eigenvalue weighted by Gasteiger charge is -2.07. The van der Waals surface area contributed by atoms with Crippen LogP contribution in [0.5, 0.6) is 0 Å².